The van der Waals surface area contributed by atoms with Gasteiger partial charge in [-0.1, -0.05) is 0 Å². The molecular weight excluding hydrogens is 318 g/mol. The smallest absolute Gasteiger partial charge is 0.258 e. The van der Waals surface area contributed by atoms with Crippen LogP contribution in [0.3, 0.4) is 0 Å². The fourth-order valence-electron chi connectivity index (χ4n) is 1.67. The molecule has 0 saturated carbocycles. The summed E-state index contributed by atoms with van der Waals surface area (Å²) in [5.74, 6) is 3.92. The van der Waals surface area contributed by atoms with Gasteiger partial charge in [-0.05, 0) is 22.0 Å². The third-order valence-corrected chi connectivity index (χ3v) is 2.89. The number of imide groups is 1. The number of hydrogen-bond donors (Lipinski definition) is 3. The van der Waals surface area contributed by atoms with Gasteiger partial charge in [0.2, 0.25) is 11.8 Å². The van der Waals surface area contributed by atoms with E-state index in [0.29, 0.717) is 4.47 Å². The number of hydrazine groups is 1. The Kier molecular flexibility index (Phi) is 3.76. The van der Waals surface area contributed by atoms with Crippen LogP contribution in [0.15, 0.2) is 16.7 Å². The van der Waals surface area contributed by atoms with E-state index in [2.05, 4.69) is 31.7 Å². The van der Waals surface area contributed by atoms with Gasteiger partial charge in [0.25, 0.3) is 5.91 Å². The number of pyridine rings is 1. The van der Waals surface area contributed by atoms with E-state index in [-0.39, 0.29) is 24.5 Å². The Morgan fingerprint density at radius 3 is 2.63 bits per heavy atom. The average molecular weight is 328 g/mol. The standard InChI is InChI=1S/C10H10BrN5O3/c11-5-1-6(9(15-12)13-2-5)10(19)16-3-7(17)14-8(18)4-16/h1-2H,3-4,12H2,(H,13,15)(H,14,17,18). The summed E-state index contributed by atoms with van der Waals surface area (Å²) in [6.45, 7) is -0.359. The number of nitrogens with one attached hydrogen (secondary N) is 2. The highest BCUT2D eigenvalue weighted by Crippen LogP contribution is 2.19. The second kappa shape index (κ2) is 5.33. The van der Waals surface area contributed by atoms with Crippen molar-refractivity contribution >= 4 is 39.5 Å². The van der Waals surface area contributed by atoms with Crippen molar-refractivity contribution in [3.8, 4) is 0 Å². The summed E-state index contributed by atoms with van der Waals surface area (Å²) in [6.07, 6.45) is 1.47. The van der Waals surface area contributed by atoms with Crippen molar-refractivity contribution in [2.24, 2.45) is 5.84 Å². The number of hydrogen-bond acceptors (Lipinski definition) is 6. The minimum atomic E-state index is -0.519. The summed E-state index contributed by atoms with van der Waals surface area (Å²) < 4.78 is 0.586. The molecule has 9 heteroatoms. The molecule has 0 unspecified atom stereocenters. The molecular formula is C10H10BrN5O3. The molecule has 1 aromatic rings. The van der Waals surface area contributed by atoms with Gasteiger partial charge in [0.05, 0.1) is 5.56 Å². The van der Waals surface area contributed by atoms with Crippen LogP contribution < -0.4 is 16.6 Å². The Labute approximate surface area is 116 Å². The third kappa shape index (κ3) is 2.88. The van der Waals surface area contributed by atoms with Crippen LogP contribution in [0.5, 0.6) is 0 Å². The monoisotopic (exact) mass is 327 g/mol. The van der Waals surface area contributed by atoms with Gasteiger partial charge in [0, 0.05) is 10.7 Å². The molecule has 0 aromatic carbocycles. The topological polar surface area (TPSA) is 117 Å². The number of carbonyl (C=O) groups excluding carboxylic acids is 3. The van der Waals surface area contributed by atoms with E-state index in [4.69, 9.17) is 5.84 Å². The van der Waals surface area contributed by atoms with Gasteiger partial charge in [-0.15, -0.1) is 0 Å². The Hall–Kier alpha value is -2.00. The molecule has 19 heavy (non-hydrogen) atoms. The Balaban J connectivity index is 2.31. The zero-order valence-corrected chi connectivity index (χ0v) is 11.2. The minimum Gasteiger partial charge on any atom is -0.320 e. The maximum absolute atomic E-state index is 12.3. The number of piperazine rings is 1. The lowest BCUT2D eigenvalue weighted by Gasteiger charge is -2.25. The number of anilines is 1. The molecule has 1 aliphatic rings. The number of nitrogens with zero attached hydrogens (tertiary/aromatic N) is 2. The van der Waals surface area contributed by atoms with Gasteiger partial charge in [-0.3, -0.25) is 19.7 Å². The van der Waals surface area contributed by atoms with Crippen LogP contribution in [-0.4, -0.2) is 40.7 Å². The molecule has 3 amide bonds. The highest BCUT2D eigenvalue weighted by molar-refractivity contribution is 9.10. The normalized spacial score (nSPS) is 15.2. The van der Waals surface area contributed by atoms with Crippen LogP contribution in [0.1, 0.15) is 10.4 Å². The van der Waals surface area contributed by atoms with Crippen molar-refractivity contribution in [2.45, 2.75) is 0 Å². The van der Waals surface area contributed by atoms with Gasteiger partial charge in [0.15, 0.2) is 5.82 Å². The Morgan fingerprint density at radius 1 is 1.42 bits per heavy atom. The van der Waals surface area contributed by atoms with E-state index in [0.717, 1.165) is 4.90 Å². The number of carbonyl (C=O) groups is 3. The summed E-state index contributed by atoms with van der Waals surface area (Å²) >= 11 is 3.19. The Bertz CT molecular complexity index is 546. The molecule has 8 nitrogen and oxygen atoms in total. The van der Waals surface area contributed by atoms with Gasteiger partial charge in [-0.2, -0.15) is 0 Å². The zero-order valence-electron chi connectivity index (χ0n) is 9.64. The van der Waals surface area contributed by atoms with Gasteiger partial charge in [-0.25, -0.2) is 10.8 Å². The van der Waals surface area contributed by atoms with E-state index in [9.17, 15) is 14.4 Å². The fraction of sp³-hybridized carbons (Fsp3) is 0.200. The Morgan fingerprint density at radius 2 is 2.05 bits per heavy atom. The van der Waals surface area contributed by atoms with Gasteiger partial charge < -0.3 is 10.3 Å². The molecule has 2 rings (SSSR count). The zero-order chi connectivity index (χ0) is 14.0. The molecule has 0 atom stereocenters. The summed E-state index contributed by atoms with van der Waals surface area (Å²) in [5.41, 5.74) is 2.48. The molecule has 1 fully saturated rings. The minimum absolute atomic E-state index is 0.173. The molecule has 2 heterocycles. The first-order chi connectivity index (χ1) is 9.01. The second-order valence-corrected chi connectivity index (χ2v) is 4.74. The van der Waals surface area contributed by atoms with Crippen LogP contribution in [-0.2, 0) is 9.59 Å². The molecule has 0 spiro atoms. The highest BCUT2D eigenvalue weighted by atomic mass is 79.9. The summed E-state index contributed by atoms with van der Waals surface area (Å²) in [4.78, 5) is 39.8. The van der Waals surface area contributed by atoms with Crippen molar-refractivity contribution in [3.63, 3.8) is 0 Å². The summed E-state index contributed by atoms with van der Waals surface area (Å²) in [5, 5.41) is 2.12. The molecule has 1 aliphatic heterocycles. The van der Waals surface area contributed by atoms with Gasteiger partial charge in [0.1, 0.15) is 13.1 Å². The van der Waals surface area contributed by atoms with Crippen molar-refractivity contribution in [2.75, 3.05) is 18.5 Å². The van der Waals surface area contributed by atoms with Gasteiger partial charge >= 0.3 is 0 Å². The predicted octanol–water partition coefficient (Wildman–Crippen LogP) is -0.772. The SMILES string of the molecule is NNc1ncc(Br)cc1C(=O)N1CC(=O)NC(=O)C1. The highest BCUT2D eigenvalue weighted by Gasteiger charge is 2.28. The van der Waals surface area contributed by atoms with Crippen LogP contribution in [0.25, 0.3) is 0 Å². The van der Waals surface area contributed by atoms with Crippen LogP contribution in [0, 0.1) is 0 Å². The first kappa shape index (κ1) is 13.4. The molecule has 0 aliphatic carbocycles. The van der Waals surface area contributed by atoms with Crippen LogP contribution >= 0.6 is 15.9 Å². The van der Waals surface area contributed by atoms with E-state index in [1.807, 2.05) is 0 Å². The van der Waals surface area contributed by atoms with Crippen LogP contribution in [0.4, 0.5) is 5.82 Å². The maximum Gasteiger partial charge on any atom is 0.258 e. The van der Waals surface area contributed by atoms with Crippen LogP contribution in [0.2, 0.25) is 0 Å². The van der Waals surface area contributed by atoms with E-state index in [1.54, 1.807) is 0 Å². The molecule has 0 bridgehead atoms. The average Bonchev–Trinajstić information content (AvgIpc) is 2.36. The lowest BCUT2D eigenvalue weighted by Crippen LogP contribution is -2.53. The molecule has 100 valence electrons. The first-order valence-electron chi connectivity index (χ1n) is 5.25. The summed E-state index contributed by atoms with van der Waals surface area (Å²) in [6, 6.07) is 1.52. The maximum atomic E-state index is 12.3. The third-order valence-electron chi connectivity index (χ3n) is 2.46. The number of halogens is 1. The largest absolute Gasteiger partial charge is 0.320 e. The van der Waals surface area contributed by atoms with E-state index in [1.165, 1.54) is 12.3 Å². The molecule has 1 aromatic heterocycles. The number of nitrogens with two attached hydrogens (primary N) is 1. The lowest BCUT2D eigenvalue weighted by molar-refractivity contribution is -0.135. The molecule has 1 saturated heterocycles. The molecule has 4 N–H and O–H groups in total. The first-order valence-corrected chi connectivity index (χ1v) is 6.04. The van der Waals surface area contributed by atoms with Crippen molar-refractivity contribution in [1.29, 1.82) is 0 Å². The second-order valence-electron chi connectivity index (χ2n) is 3.83. The fourth-order valence-corrected chi connectivity index (χ4v) is 2.00. The number of amides is 3. The number of nitrogen functional groups attached to an aromatic ring is 1. The predicted molar refractivity (Wildman–Crippen MR) is 68.8 cm³/mol. The lowest BCUT2D eigenvalue weighted by atomic mass is 10.2. The quantitative estimate of drug-likeness (QED) is 0.373. The summed E-state index contributed by atoms with van der Waals surface area (Å²) in [7, 11) is 0. The number of rotatable bonds is 2. The molecule has 0 radical (unpaired) electrons. The van der Waals surface area contributed by atoms with Crippen molar-refractivity contribution in [3.05, 3.63) is 22.3 Å². The van der Waals surface area contributed by atoms with E-state index < -0.39 is 17.7 Å². The van der Waals surface area contributed by atoms with Crippen molar-refractivity contribution in [1.82, 2.24) is 15.2 Å². The number of aromatic nitrogens is 1. The van der Waals surface area contributed by atoms with E-state index >= 15 is 0 Å². The van der Waals surface area contributed by atoms with Crippen molar-refractivity contribution < 1.29 is 14.4 Å².